The Morgan fingerprint density at radius 3 is 2.33 bits per heavy atom. The number of rotatable bonds is 6. The molecule has 0 amide bonds. The highest BCUT2D eigenvalue weighted by atomic mass is 35.5. The largest absolute Gasteiger partial charge is 0.482 e. The van der Waals surface area contributed by atoms with E-state index in [2.05, 4.69) is 9.97 Å². The first-order valence-electron chi connectivity index (χ1n) is 9.76. The zero-order valence-electron chi connectivity index (χ0n) is 17.5. The van der Waals surface area contributed by atoms with E-state index >= 15 is 0 Å². The minimum Gasteiger partial charge on any atom is -0.482 e. The molecule has 0 saturated heterocycles. The average Bonchev–Trinajstić information content (AvgIpc) is 3.19. The molecule has 0 aliphatic carbocycles. The lowest BCUT2D eigenvalue weighted by atomic mass is 9.83. The molecule has 172 valence electrons. The molecule has 0 aliphatic heterocycles. The van der Waals surface area contributed by atoms with E-state index in [1.165, 1.54) is 0 Å². The number of pyridine rings is 1. The summed E-state index contributed by atoms with van der Waals surface area (Å²) in [7, 11) is 1.76. The summed E-state index contributed by atoms with van der Waals surface area (Å²) in [6.07, 6.45) is 3.13. The van der Waals surface area contributed by atoms with E-state index in [9.17, 15) is 13.9 Å². The summed E-state index contributed by atoms with van der Waals surface area (Å²) in [5, 5.41) is 12.8. The van der Waals surface area contributed by atoms with Crippen molar-refractivity contribution < 1.29 is 18.6 Å². The van der Waals surface area contributed by atoms with Crippen molar-refractivity contribution >= 4 is 45.7 Å². The molecule has 1 N–H and O–H groups in total. The van der Waals surface area contributed by atoms with Crippen LogP contribution in [0.3, 0.4) is 0 Å². The number of ether oxygens (including phenoxy) is 1. The van der Waals surface area contributed by atoms with E-state index in [-0.39, 0.29) is 15.9 Å². The SMILES string of the molecule is Cn1cncc1C(O)(c1ccc(Cl)cc1)c1ccc2nc(Cl)c(OCC(C)(F)F)c(Cl)c2c1. The predicted octanol–water partition coefficient (Wildman–Crippen LogP) is 6.25. The number of aryl methyl sites for hydroxylation is 1. The summed E-state index contributed by atoms with van der Waals surface area (Å²) in [5.74, 6) is -3.24. The maximum absolute atomic E-state index is 13.3. The minimum absolute atomic E-state index is 0.0135. The number of hydrogen-bond donors (Lipinski definition) is 1. The Labute approximate surface area is 203 Å². The van der Waals surface area contributed by atoms with Crippen LogP contribution in [0.4, 0.5) is 8.78 Å². The fourth-order valence-electron chi connectivity index (χ4n) is 3.58. The Kier molecular flexibility index (Phi) is 6.26. The molecule has 5 nitrogen and oxygen atoms in total. The van der Waals surface area contributed by atoms with Gasteiger partial charge < -0.3 is 14.4 Å². The number of hydrogen-bond acceptors (Lipinski definition) is 4. The third-order valence-corrected chi connectivity index (χ3v) is 6.06. The normalized spacial score (nSPS) is 13.8. The zero-order valence-corrected chi connectivity index (χ0v) is 19.8. The van der Waals surface area contributed by atoms with Gasteiger partial charge in [0.15, 0.2) is 23.1 Å². The van der Waals surface area contributed by atoms with Crippen LogP contribution in [0.15, 0.2) is 55.0 Å². The Balaban J connectivity index is 1.92. The molecule has 0 spiro atoms. The number of alkyl halides is 2. The van der Waals surface area contributed by atoms with Crippen LogP contribution >= 0.6 is 34.8 Å². The van der Waals surface area contributed by atoms with Gasteiger partial charge in [0.1, 0.15) is 0 Å². The molecule has 1 unspecified atom stereocenters. The van der Waals surface area contributed by atoms with Crippen molar-refractivity contribution in [2.45, 2.75) is 18.4 Å². The lowest BCUT2D eigenvalue weighted by Gasteiger charge is -2.30. The van der Waals surface area contributed by atoms with Gasteiger partial charge in [-0.1, -0.05) is 53.0 Å². The van der Waals surface area contributed by atoms with Crippen molar-refractivity contribution in [3.05, 3.63) is 87.0 Å². The van der Waals surface area contributed by atoms with Gasteiger partial charge in [-0.15, -0.1) is 0 Å². The van der Waals surface area contributed by atoms with Crippen molar-refractivity contribution in [1.29, 1.82) is 0 Å². The van der Waals surface area contributed by atoms with E-state index in [1.54, 1.807) is 66.6 Å². The van der Waals surface area contributed by atoms with Gasteiger partial charge >= 0.3 is 0 Å². The van der Waals surface area contributed by atoms with Crippen LogP contribution in [-0.2, 0) is 12.6 Å². The van der Waals surface area contributed by atoms with Crippen LogP contribution in [0.25, 0.3) is 10.9 Å². The quantitative estimate of drug-likeness (QED) is 0.310. The molecule has 0 bridgehead atoms. The van der Waals surface area contributed by atoms with Crippen LogP contribution in [0.5, 0.6) is 5.75 Å². The van der Waals surface area contributed by atoms with E-state index in [1.807, 2.05) is 0 Å². The van der Waals surface area contributed by atoms with Crippen LogP contribution in [0, 0.1) is 0 Å². The number of imidazole rings is 1. The molecule has 0 radical (unpaired) electrons. The fraction of sp³-hybridized carbons (Fsp3) is 0.217. The highest BCUT2D eigenvalue weighted by molar-refractivity contribution is 6.40. The zero-order chi connectivity index (χ0) is 24.0. The van der Waals surface area contributed by atoms with Crippen molar-refractivity contribution in [3.63, 3.8) is 0 Å². The topological polar surface area (TPSA) is 60.2 Å². The molecule has 0 fully saturated rings. The second kappa shape index (κ2) is 8.72. The molecule has 1 atom stereocenters. The standard InChI is InChI=1S/C23H18Cl3F2N3O2/c1-22(27,28)11-33-20-19(25)16-9-14(5-8-17(16)30-21(20)26)23(32,18-10-29-12-31(18)2)13-3-6-15(24)7-4-13/h3-10,12,32H,11H2,1-2H3. The van der Waals surface area contributed by atoms with Crippen molar-refractivity contribution in [2.75, 3.05) is 6.61 Å². The molecule has 10 heteroatoms. The highest BCUT2D eigenvalue weighted by Gasteiger charge is 2.37. The van der Waals surface area contributed by atoms with Crippen molar-refractivity contribution in [1.82, 2.24) is 14.5 Å². The first-order chi connectivity index (χ1) is 15.5. The molecule has 2 heterocycles. The predicted molar refractivity (Wildman–Crippen MR) is 125 cm³/mol. The number of benzene rings is 2. The van der Waals surface area contributed by atoms with Crippen molar-refractivity contribution in [2.24, 2.45) is 7.05 Å². The Morgan fingerprint density at radius 2 is 1.73 bits per heavy atom. The summed E-state index contributed by atoms with van der Waals surface area (Å²) < 4.78 is 33.5. The Bertz CT molecular complexity index is 1320. The molecule has 2 aromatic carbocycles. The first-order valence-corrected chi connectivity index (χ1v) is 10.9. The molecule has 2 aromatic heterocycles. The monoisotopic (exact) mass is 511 g/mol. The second-order valence-corrected chi connectivity index (χ2v) is 8.92. The van der Waals surface area contributed by atoms with Gasteiger partial charge in [0.05, 0.1) is 28.8 Å². The van der Waals surface area contributed by atoms with Gasteiger partial charge in [0.25, 0.3) is 5.92 Å². The highest BCUT2D eigenvalue weighted by Crippen LogP contribution is 2.42. The Morgan fingerprint density at radius 1 is 1.06 bits per heavy atom. The molecule has 0 aliphatic rings. The first kappa shape index (κ1) is 23.7. The molecular formula is C23H18Cl3F2N3O2. The van der Waals surface area contributed by atoms with Crippen LogP contribution in [0.2, 0.25) is 15.2 Å². The molecular weight excluding hydrogens is 495 g/mol. The third kappa shape index (κ3) is 4.51. The van der Waals surface area contributed by atoms with E-state index < -0.39 is 18.1 Å². The number of nitrogens with zero attached hydrogens (tertiary/aromatic N) is 3. The lowest BCUT2D eigenvalue weighted by Crippen LogP contribution is -2.31. The molecule has 4 rings (SSSR count). The van der Waals surface area contributed by atoms with E-state index in [4.69, 9.17) is 39.5 Å². The fourth-order valence-corrected chi connectivity index (χ4v) is 4.29. The number of aliphatic hydroxyl groups is 1. The molecule has 0 saturated carbocycles. The summed E-state index contributed by atoms with van der Waals surface area (Å²) in [4.78, 5) is 8.36. The van der Waals surface area contributed by atoms with Gasteiger partial charge in [0.2, 0.25) is 0 Å². The van der Waals surface area contributed by atoms with Crippen LogP contribution < -0.4 is 4.74 Å². The van der Waals surface area contributed by atoms with Gasteiger partial charge in [0, 0.05) is 24.4 Å². The molecule has 33 heavy (non-hydrogen) atoms. The lowest BCUT2D eigenvalue weighted by molar-refractivity contribution is -0.0229. The minimum atomic E-state index is -3.09. The Hall–Kier alpha value is -2.45. The van der Waals surface area contributed by atoms with Crippen LogP contribution in [0.1, 0.15) is 23.7 Å². The average molecular weight is 513 g/mol. The number of aromatic nitrogens is 3. The summed E-state index contributed by atoms with van der Waals surface area (Å²) in [6, 6.07) is 11.7. The number of fused-ring (bicyclic) bond motifs is 1. The maximum atomic E-state index is 13.3. The molecule has 4 aromatic rings. The van der Waals surface area contributed by atoms with Gasteiger partial charge in [-0.25, -0.2) is 18.7 Å². The van der Waals surface area contributed by atoms with Gasteiger partial charge in [-0.3, -0.25) is 0 Å². The smallest absolute Gasteiger partial charge is 0.278 e. The van der Waals surface area contributed by atoms with Crippen LogP contribution in [-0.4, -0.2) is 32.2 Å². The number of halogens is 5. The summed E-state index contributed by atoms with van der Waals surface area (Å²) in [6.45, 7) is -0.190. The second-order valence-electron chi connectivity index (χ2n) is 7.74. The van der Waals surface area contributed by atoms with Gasteiger partial charge in [-0.2, -0.15) is 0 Å². The summed E-state index contributed by atoms with van der Waals surface area (Å²) >= 11 is 18.7. The van der Waals surface area contributed by atoms with E-state index in [0.29, 0.717) is 32.7 Å². The summed E-state index contributed by atoms with van der Waals surface area (Å²) in [5.41, 5.74) is 0.246. The third-order valence-electron chi connectivity index (χ3n) is 5.18. The van der Waals surface area contributed by atoms with Crippen molar-refractivity contribution in [3.8, 4) is 5.75 Å². The maximum Gasteiger partial charge on any atom is 0.278 e. The van der Waals surface area contributed by atoms with E-state index in [0.717, 1.165) is 6.92 Å². The van der Waals surface area contributed by atoms with Gasteiger partial charge in [-0.05, 0) is 35.4 Å².